The fourth-order valence-electron chi connectivity index (χ4n) is 1.40. The summed E-state index contributed by atoms with van der Waals surface area (Å²) in [5.74, 6) is 4.28. The van der Waals surface area contributed by atoms with Crippen molar-refractivity contribution >= 4 is 21.8 Å². The summed E-state index contributed by atoms with van der Waals surface area (Å²) in [6, 6.07) is 3.14. The highest BCUT2D eigenvalue weighted by molar-refractivity contribution is 7.99. The van der Waals surface area contributed by atoms with Crippen molar-refractivity contribution in [3.8, 4) is 12.3 Å². The van der Waals surface area contributed by atoms with Gasteiger partial charge in [-0.05, 0) is 32.9 Å². The van der Waals surface area contributed by atoms with Crippen LogP contribution in [0.4, 0.5) is 0 Å². The van der Waals surface area contributed by atoms with Crippen LogP contribution in [0.3, 0.4) is 0 Å². The van der Waals surface area contributed by atoms with E-state index < -0.39 is 10.0 Å². The van der Waals surface area contributed by atoms with E-state index in [1.165, 1.54) is 17.8 Å². The Morgan fingerprint density at radius 3 is 2.71 bits per heavy atom. The van der Waals surface area contributed by atoms with E-state index in [9.17, 15) is 8.42 Å². The summed E-state index contributed by atoms with van der Waals surface area (Å²) >= 11 is 1.50. The Hall–Kier alpha value is -0.940. The number of sulfonamides is 1. The lowest BCUT2D eigenvalue weighted by molar-refractivity contribution is 0.359. The number of furan rings is 1. The van der Waals surface area contributed by atoms with Crippen molar-refractivity contribution in [2.45, 2.75) is 37.9 Å². The van der Waals surface area contributed by atoms with Crippen molar-refractivity contribution in [2.24, 2.45) is 0 Å². The highest BCUT2D eigenvalue weighted by atomic mass is 32.2. The predicted molar refractivity (Wildman–Crippen MR) is 86.6 cm³/mol. The van der Waals surface area contributed by atoms with E-state index in [4.69, 9.17) is 10.8 Å². The topological polar surface area (TPSA) is 71.3 Å². The molecule has 0 saturated heterocycles. The minimum absolute atomic E-state index is 0.0572. The van der Waals surface area contributed by atoms with E-state index >= 15 is 0 Å². The lowest BCUT2D eigenvalue weighted by Crippen LogP contribution is -2.34. The van der Waals surface area contributed by atoms with Crippen molar-refractivity contribution in [1.29, 1.82) is 0 Å². The first-order valence-electron chi connectivity index (χ1n) is 6.59. The van der Waals surface area contributed by atoms with Gasteiger partial charge in [-0.15, -0.1) is 18.2 Å². The van der Waals surface area contributed by atoms with Gasteiger partial charge in [0, 0.05) is 17.8 Å². The molecule has 21 heavy (non-hydrogen) atoms. The minimum atomic E-state index is -3.59. The van der Waals surface area contributed by atoms with Crippen molar-refractivity contribution in [1.82, 2.24) is 10.0 Å². The molecule has 0 radical (unpaired) electrons. The maximum Gasteiger partial charge on any atom is 0.273 e. The molecule has 7 heteroatoms. The fourth-order valence-corrected chi connectivity index (χ4v) is 3.02. The molecule has 5 nitrogen and oxygen atoms in total. The standard InChI is InChI=1S/C14H22N2O3S2/c1-5-9-20-10-8-16-21(17,18)13-7-6-12(19-13)11-15-14(2,3)4/h1,6-7,15-16H,8-11H2,2-4H3. The molecule has 0 unspecified atom stereocenters. The summed E-state index contributed by atoms with van der Waals surface area (Å²) in [7, 11) is -3.59. The van der Waals surface area contributed by atoms with E-state index in [1.807, 2.05) is 20.8 Å². The number of thioether (sulfide) groups is 1. The van der Waals surface area contributed by atoms with Crippen LogP contribution in [0.15, 0.2) is 21.6 Å². The molecule has 0 aliphatic heterocycles. The average molecular weight is 330 g/mol. The Morgan fingerprint density at radius 2 is 2.10 bits per heavy atom. The molecule has 0 aromatic carbocycles. The quantitative estimate of drug-likeness (QED) is 0.562. The van der Waals surface area contributed by atoms with Gasteiger partial charge >= 0.3 is 0 Å². The molecule has 0 spiro atoms. The number of rotatable bonds is 8. The lowest BCUT2D eigenvalue weighted by Gasteiger charge is -2.19. The van der Waals surface area contributed by atoms with Crippen LogP contribution in [0.25, 0.3) is 0 Å². The monoisotopic (exact) mass is 330 g/mol. The van der Waals surface area contributed by atoms with E-state index in [2.05, 4.69) is 16.0 Å². The van der Waals surface area contributed by atoms with E-state index in [0.717, 1.165) is 0 Å². The van der Waals surface area contributed by atoms with Gasteiger partial charge in [0.15, 0.2) is 0 Å². The van der Waals surface area contributed by atoms with Crippen LogP contribution in [0.1, 0.15) is 26.5 Å². The molecule has 1 rings (SSSR count). The van der Waals surface area contributed by atoms with Gasteiger partial charge in [0.1, 0.15) is 5.76 Å². The van der Waals surface area contributed by atoms with Gasteiger partial charge in [0.25, 0.3) is 10.0 Å². The minimum Gasteiger partial charge on any atom is -0.447 e. The summed E-state index contributed by atoms with van der Waals surface area (Å²) in [5.41, 5.74) is -0.0572. The molecule has 1 aromatic rings. The molecule has 2 N–H and O–H groups in total. The first-order chi connectivity index (χ1) is 9.74. The summed E-state index contributed by atoms with van der Waals surface area (Å²) in [6.07, 6.45) is 5.12. The van der Waals surface area contributed by atoms with Crippen molar-refractivity contribution < 1.29 is 12.8 Å². The van der Waals surface area contributed by atoms with Gasteiger partial charge in [-0.3, -0.25) is 0 Å². The SMILES string of the molecule is C#CCSCCNS(=O)(=O)c1ccc(CNC(C)(C)C)o1. The summed E-state index contributed by atoms with van der Waals surface area (Å²) < 4.78 is 31.9. The Labute approximate surface area is 131 Å². The Balaban J connectivity index is 2.52. The highest BCUT2D eigenvalue weighted by Gasteiger charge is 2.18. The first kappa shape index (κ1) is 18.1. The summed E-state index contributed by atoms with van der Waals surface area (Å²) in [5, 5.41) is 3.18. The molecule has 118 valence electrons. The molecular formula is C14H22N2O3S2. The maximum atomic E-state index is 12.0. The second kappa shape index (κ2) is 7.90. The molecule has 0 amide bonds. The van der Waals surface area contributed by atoms with Gasteiger partial charge in [-0.2, -0.15) is 0 Å². The number of terminal acetylenes is 1. The van der Waals surface area contributed by atoms with Crippen LogP contribution in [0, 0.1) is 12.3 Å². The zero-order valence-corrected chi connectivity index (χ0v) is 14.2. The van der Waals surface area contributed by atoms with Crippen LogP contribution in [-0.2, 0) is 16.6 Å². The third kappa shape index (κ3) is 7.05. The Kier molecular flexibility index (Phi) is 6.81. The van der Waals surface area contributed by atoms with Gasteiger partial charge in [-0.25, -0.2) is 13.1 Å². The zero-order chi connectivity index (χ0) is 15.9. The smallest absolute Gasteiger partial charge is 0.273 e. The van der Waals surface area contributed by atoms with Crippen LogP contribution >= 0.6 is 11.8 Å². The first-order valence-corrected chi connectivity index (χ1v) is 9.23. The Morgan fingerprint density at radius 1 is 1.38 bits per heavy atom. The van der Waals surface area contributed by atoms with E-state index in [-0.39, 0.29) is 10.6 Å². The maximum absolute atomic E-state index is 12.0. The third-order valence-electron chi connectivity index (χ3n) is 2.42. The van der Waals surface area contributed by atoms with Crippen LogP contribution < -0.4 is 10.0 Å². The van der Waals surface area contributed by atoms with Gasteiger partial charge in [-0.1, -0.05) is 5.92 Å². The molecular weight excluding hydrogens is 308 g/mol. The summed E-state index contributed by atoms with van der Waals surface area (Å²) in [4.78, 5) is 0. The van der Waals surface area contributed by atoms with Crippen molar-refractivity contribution in [3.05, 3.63) is 17.9 Å². The molecule has 0 bridgehead atoms. The van der Waals surface area contributed by atoms with Crippen LogP contribution in [-0.4, -0.2) is 32.0 Å². The largest absolute Gasteiger partial charge is 0.447 e. The second-order valence-electron chi connectivity index (χ2n) is 5.48. The van der Waals surface area contributed by atoms with Crippen molar-refractivity contribution in [3.63, 3.8) is 0 Å². The molecule has 0 fully saturated rings. The normalized spacial score (nSPS) is 12.3. The van der Waals surface area contributed by atoms with Gasteiger partial charge in [0.05, 0.1) is 12.3 Å². The molecule has 1 heterocycles. The number of nitrogens with one attached hydrogen (secondary N) is 2. The Bertz CT molecular complexity index is 580. The zero-order valence-electron chi connectivity index (χ0n) is 12.6. The van der Waals surface area contributed by atoms with E-state index in [0.29, 0.717) is 30.4 Å². The molecule has 0 saturated carbocycles. The van der Waals surface area contributed by atoms with E-state index in [1.54, 1.807) is 6.07 Å². The molecule has 0 aliphatic rings. The third-order valence-corrected chi connectivity index (χ3v) is 4.62. The number of hydrogen-bond acceptors (Lipinski definition) is 5. The summed E-state index contributed by atoms with van der Waals surface area (Å²) in [6.45, 7) is 6.90. The van der Waals surface area contributed by atoms with Crippen LogP contribution in [0.5, 0.6) is 0 Å². The van der Waals surface area contributed by atoms with Crippen LogP contribution in [0.2, 0.25) is 0 Å². The fraction of sp³-hybridized carbons (Fsp3) is 0.571. The van der Waals surface area contributed by atoms with Crippen molar-refractivity contribution in [2.75, 3.05) is 18.1 Å². The van der Waals surface area contributed by atoms with Gasteiger partial charge < -0.3 is 9.73 Å². The molecule has 0 atom stereocenters. The molecule has 1 aromatic heterocycles. The average Bonchev–Trinajstić information content (AvgIpc) is 2.85. The number of hydrogen-bond donors (Lipinski definition) is 2. The predicted octanol–water partition coefficient (Wildman–Crippen LogP) is 1.81. The second-order valence-corrected chi connectivity index (χ2v) is 8.28. The highest BCUT2D eigenvalue weighted by Crippen LogP contribution is 2.14. The van der Waals surface area contributed by atoms with Gasteiger partial charge in [0.2, 0.25) is 5.09 Å². The lowest BCUT2D eigenvalue weighted by atomic mass is 10.1. The molecule has 0 aliphatic carbocycles.